The van der Waals surface area contributed by atoms with Gasteiger partial charge in [0.05, 0.1) is 10.5 Å². The van der Waals surface area contributed by atoms with E-state index < -0.39 is 10.7 Å². The summed E-state index contributed by atoms with van der Waals surface area (Å²) in [6.07, 6.45) is 0. The summed E-state index contributed by atoms with van der Waals surface area (Å²) in [5.74, 6) is -0.877. The predicted octanol–water partition coefficient (Wildman–Crippen LogP) is 3.12. The lowest BCUT2D eigenvalue weighted by atomic mass is 10.1. The molecule has 2 aromatic carbocycles. The van der Waals surface area contributed by atoms with Gasteiger partial charge in [-0.15, -0.1) is 0 Å². The highest BCUT2D eigenvalue weighted by atomic mass is 19.1. The van der Waals surface area contributed by atoms with E-state index in [4.69, 9.17) is 15.9 Å². The lowest BCUT2D eigenvalue weighted by Crippen LogP contribution is -2.12. The number of halogens is 1. The third kappa shape index (κ3) is 2.97. The van der Waals surface area contributed by atoms with Crippen LogP contribution in [0.4, 0.5) is 10.1 Å². The van der Waals surface area contributed by atoms with Crippen LogP contribution in [0.3, 0.4) is 0 Å². The molecule has 0 saturated carbocycles. The zero-order valence-corrected chi connectivity index (χ0v) is 11.1. The molecule has 0 fully saturated rings. The molecule has 2 rings (SSSR count). The van der Waals surface area contributed by atoms with Gasteiger partial charge in [0.25, 0.3) is 0 Å². The predicted molar refractivity (Wildman–Crippen MR) is 75.3 cm³/mol. The van der Waals surface area contributed by atoms with Crippen molar-refractivity contribution in [1.29, 1.82) is 5.41 Å². The van der Waals surface area contributed by atoms with E-state index in [1.807, 2.05) is 0 Å². The zero-order valence-electron chi connectivity index (χ0n) is 11.1. The van der Waals surface area contributed by atoms with Crippen molar-refractivity contribution in [2.24, 2.45) is 5.73 Å². The molecule has 3 N–H and O–H groups in total. The number of nitrogen functional groups attached to an aromatic ring is 1. The third-order valence-electron chi connectivity index (χ3n) is 2.84. The number of para-hydroxylation sites is 1. The van der Waals surface area contributed by atoms with E-state index in [9.17, 15) is 14.5 Å². The molecule has 108 valence electrons. The van der Waals surface area contributed by atoms with Gasteiger partial charge < -0.3 is 10.5 Å². The van der Waals surface area contributed by atoms with Gasteiger partial charge in [-0.2, -0.15) is 0 Å². The number of hydrogen-bond donors (Lipinski definition) is 2. The summed E-state index contributed by atoms with van der Waals surface area (Å²) in [6, 6.07) is 8.06. The monoisotopic (exact) mass is 289 g/mol. The van der Waals surface area contributed by atoms with Crippen LogP contribution in [-0.4, -0.2) is 10.8 Å². The van der Waals surface area contributed by atoms with Crippen LogP contribution in [0.5, 0.6) is 11.5 Å². The number of benzene rings is 2. The summed E-state index contributed by atoms with van der Waals surface area (Å²) >= 11 is 0. The highest BCUT2D eigenvalue weighted by molar-refractivity contribution is 5.97. The maximum Gasteiger partial charge on any atom is 0.314 e. The summed E-state index contributed by atoms with van der Waals surface area (Å²) in [5.41, 5.74) is 5.65. The lowest BCUT2D eigenvalue weighted by Gasteiger charge is -2.11. The Labute approximate surface area is 119 Å². The van der Waals surface area contributed by atoms with Gasteiger partial charge in [0.15, 0.2) is 0 Å². The summed E-state index contributed by atoms with van der Waals surface area (Å²) in [7, 11) is 0. The van der Waals surface area contributed by atoms with Crippen LogP contribution >= 0.6 is 0 Å². The molecule has 0 spiro atoms. The fourth-order valence-electron chi connectivity index (χ4n) is 1.87. The number of ether oxygens (including phenoxy) is 1. The van der Waals surface area contributed by atoms with Crippen molar-refractivity contribution in [2.75, 3.05) is 0 Å². The van der Waals surface area contributed by atoms with Crippen LogP contribution in [0.2, 0.25) is 0 Å². The minimum Gasteiger partial charge on any atom is -0.449 e. The van der Waals surface area contributed by atoms with Gasteiger partial charge >= 0.3 is 5.69 Å². The van der Waals surface area contributed by atoms with Gasteiger partial charge in [0, 0.05) is 5.56 Å². The molecule has 0 atom stereocenters. The second-order valence-electron chi connectivity index (χ2n) is 4.33. The molecule has 0 unspecified atom stereocenters. The molecule has 0 bridgehead atoms. The molecule has 21 heavy (non-hydrogen) atoms. The number of nitrogens with zero attached hydrogens (tertiary/aromatic N) is 1. The quantitative estimate of drug-likeness (QED) is 0.390. The van der Waals surface area contributed by atoms with Gasteiger partial charge in [-0.05, 0) is 31.2 Å². The number of amidine groups is 1. The second kappa shape index (κ2) is 5.58. The zero-order chi connectivity index (χ0) is 15.6. The average Bonchev–Trinajstić information content (AvgIpc) is 2.40. The SMILES string of the molecule is Cc1cccc(Oc2ccc(F)cc2C(=N)N)c1[N+](=O)[O-]. The normalized spacial score (nSPS) is 10.2. The number of nitrogens with one attached hydrogen (secondary N) is 1. The number of nitrogens with two attached hydrogens (primary N) is 1. The van der Waals surface area contributed by atoms with Crippen LogP contribution in [0.25, 0.3) is 0 Å². The van der Waals surface area contributed by atoms with Crippen LogP contribution in [0, 0.1) is 28.3 Å². The second-order valence-corrected chi connectivity index (χ2v) is 4.33. The lowest BCUT2D eigenvalue weighted by molar-refractivity contribution is -0.386. The van der Waals surface area contributed by atoms with Crippen molar-refractivity contribution in [3.8, 4) is 11.5 Å². The Hall–Kier alpha value is -2.96. The number of nitro benzene ring substituents is 1. The van der Waals surface area contributed by atoms with E-state index >= 15 is 0 Å². The maximum atomic E-state index is 13.2. The Kier molecular flexibility index (Phi) is 3.84. The van der Waals surface area contributed by atoms with Crippen molar-refractivity contribution >= 4 is 11.5 Å². The van der Waals surface area contributed by atoms with E-state index in [1.165, 1.54) is 12.1 Å². The van der Waals surface area contributed by atoms with Crippen molar-refractivity contribution in [3.05, 3.63) is 63.5 Å². The molecule has 0 aliphatic rings. The Morgan fingerprint density at radius 3 is 2.67 bits per heavy atom. The number of aryl methyl sites for hydroxylation is 1. The van der Waals surface area contributed by atoms with Crippen LogP contribution in [-0.2, 0) is 0 Å². The number of hydrogen-bond acceptors (Lipinski definition) is 4. The van der Waals surface area contributed by atoms with Crippen molar-refractivity contribution < 1.29 is 14.1 Å². The minimum atomic E-state index is -0.578. The van der Waals surface area contributed by atoms with Gasteiger partial charge in [0.1, 0.15) is 17.4 Å². The largest absolute Gasteiger partial charge is 0.449 e. The van der Waals surface area contributed by atoms with Gasteiger partial charge in [0.2, 0.25) is 5.75 Å². The molecule has 0 radical (unpaired) electrons. The van der Waals surface area contributed by atoms with E-state index in [0.29, 0.717) is 5.56 Å². The van der Waals surface area contributed by atoms with Gasteiger partial charge in [-0.3, -0.25) is 15.5 Å². The Balaban J connectivity index is 2.51. The molecule has 0 aromatic heterocycles. The van der Waals surface area contributed by atoms with E-state index in [2.05, 4.69) is 0 Å². The van der Waals surface area contributed by atoms with Gasteiger partial charge in [-0.25, -0.2) is 4.39 Å². The molecule has 0 saturated heterocycles. The Morgan fingerprint density at radius 2 is 2.05 bits per heavy atom. The summed E-state index contributed by atoms with van der Waals surface area (Å²) < 4.78 is 18.7. The average molecular weight is 289 g/mol. The molecule has 0 amide bonds. The molecule has 0 heterocycles. The minimum absolute atomic E-state index is 0.00843. The molecule has 0 aliphatic carbocycles. The smallest absolute Gasteiger partial charge is 0.314 e. The summed E-state index contributed by atoms with van der Waals surface area (Å²) in [5, 5.41) is 18.5. The van der Waals surface area contributed by atoms with Crippen molar-refractivity contribution in [3.63, 3.8) is 0 Å². The molecule has 2 aromatic rings. The van der Waals surface area contributed by atoms with Gasteiger partial charge in [-0.1, -0.05) is 12.1 Å². The molecular weight excluding hydrogens is 277 g/mol. The van der Waals surface area contributed by atoms with Crippen LogP contribution in [0.15, 0.2) is 36.4 Å². The van der Waals surface area contributed by atoms with Crippen molar-refractivity contribution in [2.45, 2.75) is 6.92 Å². The van der Waals surface area contributed by atoms with E-state index in [1.54, 1.807) is 19.1 Å². The summed E-state index contributed by atoms with van der Waals surface area (Å²) in [4.78, 5) is 10.6. The fourth-order valence-corrected chi connectivity index (χ4v) is 1.87. The molecule has 0 aliphatic heterocycles. The molecule has 6 nitrogen and oxygen atoms in total. The van der Waals surface area contributed by atoms with E-state index in [0.717, 1.165) is 12.1 Å². The Bertz CT molecular complexity index is 731. The standard InChI is InChI=1S/C14H12FN3O3/c1-8-3-2-4-12(13(8)18(19)20)21-11-6-5-9(15)7-10(11)14(16)17/h2-7H,1H3,(H3,16,17). The molecule has 7 heteroatoms. The first kappa shape index (κ1) is 14.4. The van der Waals surface area contributed by atoms with Crippen molar-refractivity contribution in [1.82, 2.24) is 0 Å². The molecular formula is C14H12FN3O3. The highest BCUT2D eigenvalue weighted by Crippen LogP contribution is 2.35. The summed E-state index contributed by atoms with van der Waals surface area (Å²) in [6.45, 7) is 1.58. The third-order valence-corrected chi connectivity index (χ3v) is 2.84. The van der Waals surface area contributed by atoms with Crippen LogP contribution in [0.1, 0.15) is 11.1 Å². The maximum absolute atomic E-state index is 13.2. The highest BCUT2D eigenvalue weighted by Gasteiger charge is 2.20. The fraction of sp³-hybridized carbons (Fsp3) is 0.0714. The number of rotatable bonds is 4. The Morgan fingerprint density at radius 1 is 1.33 bits per heavy atom. The first-order valence-electron chi connectivity index (χ1n) is 5.96. The number of nitro groups is 1. The topological polar surface area (TPSA) is 102 Å². The first-order valence-corrected chi connectivity index (χ1v) is 5.96. The van der Waals surface area contributed by atoms with Crippen LogP contribution < -0.4 is 10.5 Å². The first-order chi connectivity index (χ1) is 9.90. The van der Waals surface area contributed by atoms with E-state index in [-0.39, 0.29) is 28.6 Å².